The number of H-pyrrole nitrogens is 1. The molecule has 2 amide bonds. The summed E-state index contributed by atoms with van der Waals surface area (Å²) in [5.41, 5.74) is 6.15. The van der Waals surface area contributed by atoms with Gasteiger partial charge in [0, 0.05) is 15.4 Å². The molecule has 88 valence electrons. The zero-order valence-electron chi connectivity index (χ0n) is 8.61. The van der Waals surface area contributed by atoms with Gasteiger partial charge in [0.05, 0.1) is 5.56 Å². The van der Waals surface area contributed by atoms with E-state index in [1.54, 1.807) is 18.2 Å². The van der Waals surface area contributed by atoms with Crippen molar-refractivity contribution >= 4 is 45.0 Å². The standard InChI is InChI=1S/C10H9BrN4O2/c11-5-1-2-6-7(3-5)14-10(15(13)4-16)8(6)9(12)17/h1-4,14H,13H2,(H2,12,17). The Labute approximate surface area is 105 Å². The van der Waals surface area contributed by atoms with Gasteiger partial charge in [-0.2, -0.15) is 0 Å². The molecular formula is C10H9BrN4O2. The van der Waals surface area contributed by atoms with Gasteiger partial charge in [-0.15, -0.1) is 0 Å². The zero-order valence-corrected chi connectivity index (χ0v) is 10.2. The Bertz CT molecular complexity index is 608. The Morgan fingerprint density at radius 3 is 2.76 bits per heavy atom. The smallest absolute Gasteiger partial charge is 0.253 e. The van der Waals surface area contributed by atoms with Crippen molar-refractivity contribution in [2.45, 2.75) is 0 Å². The van der Waals surface area contributed by atoms with Crippen molar-refractivity contribution in [1.82, 2.24) is 4.98 Å². The van der Waals surface area contributed by atoms with Crippen molar-refractivity contribution < 1.29 is 9.59 Å². The van der Waals surface area contributed by atoms with E-state index in [0.717, 1.165) is 9.48 Å². The number of hydrogen-bond acceptors (Lipinski definition) is 3. The summed E-state index contributed by atoms with van der Waals surface area (Å²) < 4.78 is 0.837. The van der Waals surface area contributed by atoms with Gasteiger partial charge in [-0.25, -0.2) is 10.9 Å². The van der Waals surface area contributed by atoms with Crippen LogP contribution in [-0.4, -0.2) is 17.3 Å². The minimum atomic E-state index is -0.647. The number of nitrogens with one attached hydrogen (secondary N) is 1. The van der Waals surface area contributed by atoms with Crippen molar-refractivity contribution in [2.24, 2.45) is 11.6 Å². The number of carbonyl (C=O) groups is 2. The number of halogens is 1. The van der Waals surface area contributed by atoms with Crippen molar-refractivity contribution in [3.05, 3.63) is 28.2 Å². The molecule has 1 aromatic carbocycles. The molecule has 1 heterocycles. The average Bonchev–Trinajstić information content (AvgIpc) is 2.66. The van der Waals surface area contributed by atoms with Gasteiger partial charge < -0.3 is 10.7 Å². The number of amides is 2. The lowest BCUT2D eigenvalue weighted by Gasteiger charge is -2.08. The molecule has 17 heavy (non-hydrogen) atoms. The normalized spacial score (nSPS) is 10.5. The van der Waals surface area contributed by atoms with Crippen molar-refractivity contribution in [3.8, 4) is 0 Å². The topological polar surface area (TPSA) is 105 Å². The minimum Gasteiger partial charge on any atom is -0.365 e. The van der Waals surface area contributed by atoms with Gasteiger partial charge in [0.25, 0.3) is 5.91 Å². The lowest BCUT2D eigenvalue weighted by molar-refractivity contribution is -0.107. The summed E-state index contributed by atoms with van der Waals surface area (Å²) in [6.45, 7) is 0. The fourth-order valence-electron chi connectivity index (χ4n) is 1.65. The highest BCUT2D eigenvalue weighted by Gasteiger charge is 2.19. The molecule has 0 spiro atoms. The predicted octanol–water partition coefficient (Wildman–Crippen LogP) is 0.866. The Balaban J connectivity index is 2.79. The highest BCUT2D eigenvalue weighted by atomic mass is 79.9. The average molecular weight is 297 g/mol. The zero-order chi connectivity index (χ0) is 12.6. The second kappa shape index (κ2) is 4.19. The van der Waals surface area contributed by atoms with Crippen molar-refractivity contribution in [3.63, 3.8) is 0 Å². The monoisotopic (exact) mass is 296 g/mol. The van der Waals surface area contributed by atoms with Crippen LogP contribution in [0.4, 0.5) is 5.82 Å². The first-order valence-electron chi connectivity index (χ1n) is 4.65. The number of primary amides is 1. The maximum atomic E-state index is 11.4. The number of nitrogens with zero attached hydrogens (tertiary/aromatic N) is 1. The Morgan fingerprint density at radius 2 is 2.18 bits per heavy atom. The van der Waals surface area contributed by atoms with Gasteiger partial charge in [-0.3, -0.25) is 9.59 Å². The Morgan fingerprint density at radius 1 is 1.47 bits per heavy atom. The molecule has 0 aliphatic rings. The predicted molar refractivity (Wildman–Crippen MR) is 67.2 cm³/mol. The number of hydrogen-bond donors (Lipinski definition) is 3. The first-order valence-corrected chi connectivity index (χ1v) is 5.44. The van der Waals surface area contributed by atoms with E-state index < -0.39 is 5.91 Å². The van der Waals surface area contributed by atoms with Gasteiger partial charge in [-0.1, -0.05) is 22.0 Å². The van der Waals surface area contributed by atoms with Crippen LogP contribution in [0, 0.1) is 0 Å². The van der Waals surface area contributed by atoms with Crippen LogP contribution in [0.15, 0.2) is 22.7 Å². The molecule has 0 radical (unpaired) electrons. The lowest BCUT2D eigenvalue weighted by Crippen LogP contribution is -2.31. The second-order valence-corrected chi connectivity index (χ2v) is 4.33. The van der Waals surface area contributed by atoms with Crippen molar-refractivity contribution in [2.75, 3.05) is 5.01 Å². The molecule has 2 aromatic rings. The molecule has 0 saturated heterocycles. The van der Waals surface area contributed by atoms with Gasteiger partial charge >= 0.3 is 0 Å². The van der Waals surface area contributed by atoms with E-state index in [1.165, 1.54) is 0 Å². The molecule has 6 nitrogen and oxygen atoms in total. The fraction of sp³-hybridized carbons (Fsp3) is 0. The van der Waals surface area contributed by atoms with E-state index >= 15 is 0 Å². The van der Waals surface area contributed by atoms with E-state index in [0.29, 0.717) is 17.3 Å². The van der Waals surface area contributed by atoms with Gasteiger partial charge in [-0.05, 0) is 12.1 Å². The highest BCUT2D eigenvalue weighted by molar-refractivity contribution is 9.10. The fourth-order valence-corrected chi connectivity index (χ4v) is 2.01. The quantitative estimate of drug-likeness (QED) is 0.339. The summed E-state index contributed by atoms with van der Waals surface area (Å²) in [5, 5.41) is 1.40. The van der Waals surface area contributed by atoms with Crippen LogP contribution < -0.4 is 16.6 Å². The summed E-state index contributed by atoms with van der Waals surface area (Å²) in [6, 6.07) is 5.26. The molecule has 0 aliphatic heterocycles. The van der Waals surface area contributed by atoms with Gasteiger partial charge in [0.1, 0.15) is 5.82 Å². The number of benzene rings is 1. The first-order chi connectivity index (χ1) is 8.04. The maximum Gasteiger partial charge on any atom is 0.253 e. The number of carbonyl (C=O) groups excluding carboxylic acids is 2. The summed E-state index contributed by atoms with van der Waals surface area (Å²) in [5.74, 6) is 4.98. The van der Waals surface area contributed by atoms with Crippen LogP contribution in [-0.2, 0) is 4.79 Å². The minimum absolute atomic E-state index is 0.181. The van der Waals surface area contributed by atoms with E-state index in [1.807, 2.05) is 0 Å². The summed E-state index contributed by atoms with van der Waals surface area (Å²) in [6.07, 6.45) is 0.395. The SMILES string of the molecule is NC(=O)c1c(N(N)C=O)[nH]c2cc(Br)ccc12. The van der Waals surface area contributed by atoms with Crippen LogP contribution in [0.25, 0.3) is 10.9 Å². The molecule has 0 unspecified atom stereocenters. The molecule has 2 rings (SSSR count). The van der Waals surface area contributed by atoms with Gasteiger partial charge in [0.15, 0.2) is 0 Å². The third-order valence-corrected chi connectivity index (χ3v) is 2.85. The number of anilines is 1. The molecule has 7 heteroatoms. The summed E-state index contributed by atoms with van der Waals surface area (Å²) >= 11 is 3.31. The van der Waals surface area contributed by atoms with Gasteiger partial charge in [0.2, 0.25) is 6.41 Å². The molecule has 0 atom stereocenters. The number of nitrogens with two attached hydrogens (primary N) is 2. The maximum absolute atomic E-state index is 11.4. The largest absolute Gasteiger partial charge is 0.365 e. The van der Waals surface area contributed by atoms with Crippen LogP contribution >= 0.6 is 15.9 Å². The van der Waals surface area contributed by atoms with E-state index in [9.17, 15) is 9.59 Å². The summed E-state index contributed by atoms with van der Waals surface area (Å²) in [7, 11) is 0. The molecule has 1 aromatic heterocycles. The molecular weight excluding hydrogens is 288 g/mol. The molecule has 5 N–H and O–H groups in total. The van der Waals surface area contributed by atoms with Crippen LogP contribution in [0.2, 0.25) is 0 Å². The van der Waals surface area contributed by atoms with E-state index in [2.05, 4.69) is 20.9 Å². The number of aromatic nitrogens is 1. The Kier molecular flexibility index (Phi) is 2.86. The third-order valence-electron chi connectivity index (χ3n) is 2.36. The Hall–Kier alpha value is -1.86. The molecule has 0 saturated carbocycles. The molecule has 0 bridgehead atoms. The number of fused-ring (bicyclic) bond motifs is 1. The first kappa shape index (κ1) is 11.6. The molecule has 0 fully saturated rings. The number of hydrazine groups is 1. The van der Waals surface area contributed by atoms with Crippen molar-refractivity contribution in [1.29, 1.82) is 0 Å². The number of aromatic amines is 1. The summed E-state index contributed by atoms with van der Waals surface area (Å²) in [4.78, 5) is 24.9. The van der Waals surface area contributed by atoms with Crippen LogP contribution in [0.3, 0.4) is 0 Å². The molecule has 0 aliphatic carbocycles. The lowest BCUT2D eigenvalue weighted by atomic mass is 10.1. The second-order valence-electron chi connectivity index (χ2n) is 3.42. The van der Waals surface area contributed by atoms with Crippen LogP contribution in [0.1, 0.15) is 10.4 Å². The van der Waals surface area contributed by atoms with Crippen LogP contribution in [0.5, 0.6) is 0 Å². The van der Waals surface area contributed by atoms with E-state index in [4.69, 9.17) is 11.6 Å². The van der Waals surface area contributed by atoms with E-state index in [-0.39, 0.29) is 11.4 Å². The number of rotatable bonds is 3. The third kappa shape index (κ3) is 1.90. The highest BCUT2D eigenvalue weighted by Crippen LogP contribution is 2.29.